The van der Waals surface area contributed by atoms with Gasteiger partial charge in [0.1, 0.15) is 11.4 Å². The second-order valence-corrected chi connectivity index (χ2v) is 5.48. The highest BCUT2D eigenvalue weighted by atomic mass is 35.5. The van der Waals surface area contributed by atoms with Gasteiger partial charge in [0.05, 0.1) is 11.0 Å². The summed E-state index contributed by atoms with van der Waals surface area (Å²) in [6.45, 7) is 0. The van der Waals surface area contributed by atoms with E-state index in [1.165, 1.54) is 6.07 Å². The minimum atomic E-state index is -0.0726. The standard InChI is InChI=1S/C16H14ClN3O2/c1-19-13-5-3-10(7-14(13)20(2)16(19)22)9-18-12-8-11(17)4-6-15(12)21/h3-9,21H,1-2H3. The number of hydrogen-bond donors (Lipinski definition) is 1. The molecule has 0 amide bonds. The van der Waals surface area contributed by atoms with Crippen LogP contribution in [0.15, 0.2) is 46.2 Å². The molecule has 0 aliphatic carbocycles. The summed E-state index contributed by atoms with van der Waals surface area (Å²) < 4.78 is 3.18. The first-order valence-corrected chi connectivity index (χ1v) is 7.03. The molecule has 5 nitrogen and oxygen atoms in total. The zero-order chi connectivity index (χ0) is 15.9. The van der Waals surface area contributed by atoms with E-state index >= 15 is 0 Å². The van der Waals surface area contributed by atoms with Crippen molar-refractivity contribution in [2.24, 2.45) is 19.1 Å². The maximum Gasteiger partial charge on any atom is 0.328 e. The third-order valence-corrected chi connectivity index (χ3v) is 3.82. The SMILES string of the molecule is Cn1c(=O)n(C)c2cc(C=Nc3cc(Cl)ccc3O)ccc21. The fraction of sp³-hybridized carbons (Fsp3) is 0.125. The number of hydrogen-bond acceptors (Lipinski definition) is 3. The first kappa shape index (κ1) is 14.4. The van der Waals surface area contributed by atoms with E-state index < -0.39 is 0 Å². The molecule has 112 valence electrons. The maximum atomic E-state index is 11.9. The lowest BCUT2D eigenvalue weighted by Gasteiger charge is -2.00. The van der Waals surface area contributed by atoms with Gasteiger partial charge in [-0.25, -0.2) is 4.79 Å². The van der Waals surface area contributed by atoms with Crippen molar-refractivity contribution < 1.29 is 5.11 Å². The van der Waals surface area contributed by atoms with E-state index in [0.29, 0.717) is 10.7 Å². The van der Waals surface area contributed by atoms with Crippen molar-refractivity contribution in [3.05, 3.63) is 57.5 Å². The Morgan fingerprint density at radius 3 is 2.59 bits per heavy atom. The molecule has 0 bridgehead atoms. The summed E-state index contributed by atoms with van der Waals surface area (Å²) in [6, 6.07) is 10.3. The molecule has 3 aromatic rings. The third-order valence-electron chi connectivity index (χ3n) is 3.59. The molecule has 0 fully saturated rings. The first-order valence-electron chi connectivity index (χ1n) is 6.65. The van der Waals surface area contributed by atoms with E-state index in [9.17, 15) is 9.90 Å². The number of phenols is 1. The van der Waals surface area contributed by atoms with Gasteiger partial charge in [0.15, 0.2) is 0 Å². The summed E-state index contributed by atoms with van der Waals surface area (Å²) in [5, 5.41) is 10.3. The van der Waals surface area contributed by atoms with Crippen LogP contribution in [0.3, 0.4) is 0 Å². The Balaban J connectivity index is 2.04. The molecule has 0 unspecified atom stereocenters. The zero-order valence-corrected chi connectivity index (χ0v) is 12.9. The molecule has 0 radical (unpaired) electrons. The number of nitrogens with zero attached hydrogens (tertiary/aromatic N) is 3. The van der Waals surface area contributed by atoms with Crippen LogP contribution >= 0.6 is 11.6 Å². The quantitative estimate of drug-likeness (QED) is 0.739. The van der Waals surface area contributed by atoms with E-state index in [1.54, 1.807) is 41.6 Å². The Hall–Kier alpha value is -2.53. The smallest absolute Gasteiger partial charge is 0.328 e. The largest absolute Gasteiger partial charge is 0.506 e. The maximum absolute atomic E-state index is 11.9. The van der Waals surface area contributed by atoms with Gasteiger partial charge in [0, 0.05) is 25.3 Å². The molecular formula is C16H14ClN3O2. The Morgan fingerprint density at radius 1 is 1.09 bits per heavy atom. The predicted molar refractivity (Wildman–Crippen MR) is 88.5 cm³/mol. The van der Waals surface area contributed by atoms with Gasteiger partial charge in [-0.05, 0) is 35.9 Å². The van der Waals surface area contributed by atoms with Gasteiger partial charge in [0.2, 0.25) is 0 Å². The molecule has 1 aromatic heterocycles. The topological polar surface area (TPSA) is 59.5 Å². The number of fused-ring (bicyclic) bond motifs is 1. The average molecular weight is 316 g/mol. The molecule has 0 aliphatic rings. The molecule has 3 rings (SSSR count). The van der Waals surface area contributed by atoms with E-state index in [-0.39, 0.29) is 11.4 Å². The number of halogens is 1. The predicted octanol–water partition coefficient (Wildman–Crippen LogP) is 2.99. The van der Waals surface area contributed by atoms with Crippen molar-refractivity contribution in [2.75, 3.05) is 0 Å². The van der Waals surface area contributed by atoms with Crippen molar-refractivity contribution in [3.8, 4) is 5.75 Å². The highest BCUT2D eigenvalue weighted by molar-refractivity contribution is 6.30. The van der Waals surface area contributed by atoms with Crippen LogP contribution in [0.2, 0.25) is 5.02 Å². The lowest BCUT2D eigenvalue weighted by molar-refractivity contribution is 0.477. The van der Waals surface area contributed by atoms with Gasteiger partial charge < -0.3 is 5.11 Å². The number of aromatic nitrogens is 2. The molecule has 0 atom stereocenters. The summed E-state index contributed by atoms with van der Waals surface area (Å²) in [5.41, 5.74) is 2.83. The fourth-order valence-corrected chi connectivity index (χ4v) is 2.51. The van der Waals surface area contributed by atoms with Crippen LogP contribution in [-0.2, 0) is 14.1 Å². The summed E-state index contributed by atoms with van der Waals surface area (Å²) in [5.74, 6) is 0.0637. The normalized spacial score (nSPS) is 11.6. The van der Waals surface area contributed by atoms with Gasteiger partial charge in [-0.3, -0.25) is 14.1 Å². The highest BCUT2D eigenvalue weighted by Gasteiger charge is 2.07. The second kappa shape index (κ2) is 5.35. The van der Waals surface area contributed by atoms with Gasteiger partial charge in [-0.2, -0.15) is 0 Å². The third kappa shape index (κ3) is 2.40. The molecule has 22 heavy (non-hydrogen) atoms. The lowest BCUT2D eigenvalue weighted by Crippen LogP contribution is -2.19. The molecular weight excluding hydrogens is 302 g/mol. The molecule has 2 aromatic carbocycles. The van der Waals surface area contributed by atoms with Gasteiger partial charge in [-0.15, -0.1) is 0 Å². The summed E-state index contributed by atoms with van der Waals surface area (Å²) in [7, 11) is 3.47. The lowest BCUT2D eigenvalue weighted by atomic mass is 10.2. The van der Waals surface area contributed by atoms with Gasteiger partial charge in [-0.1, -0.05) is 17.7 Å². The van der Waals surface area contributed by atoms with Crippen LogP contribution in [0, 0.1) is 0 Å². The van der Waals surface area contributed by atoms with Crippen molar-refractivity contribution in [1.29, 1.82) is 0 Å². The Kier molecular flexibility index (Phi) is 3.50. The van der Waals surface area contributed by atoms with Crippen LogP contribution in [0.4, 0.5) is 5.69 Å². The summed E-state index contributed by atoms with van der Waals surface area (Å²) >= 11 is 5.89. The van der Waals surface area contributed by atoms with Crippen molar-refractivity contribution in [2.45, 2.75) is 0 Å². The van der Waals surface area contributed by atoms with E-state index in [1.807, 2.05) is 18.2 Å². The Morgan fingerprint density at radius 2 is 1.82 bits per heavy atom. The number of benzene rings is 2. The minimum Gasteiger partial charge on any atom is -0.506 e. The van der Waals surface area contributed by atoms with Crippen LogP contribution in [-0.4, -0.2) is 20.5 Å². The average Bonchev–Trinajstić information content (AvgIpc) is 2.73. The van der Waals surface area contributed by atoms with E-state index in [0.717, 1.165) is 16.6 Å². The molecule has 6 heteroatoms. The van der Waals surface area contributed by atoms with Crippen molar-refractivity contribution in [1.82, 2.24) is 9.13 Å². The molecule has 0 saturated heterocycles. The van der Waals surface area contributed by atoms with Gasteiger partial charge >= 0.3 is 5.69 Å². The fourth-order valence-electron chi connectivity index (χ4n) is 2.35. The zero-order valence-electron chi connectivity index (χ0n) is 12.1. The van der Waals surface area contributed by atoms with Crippen LogP contribution in [0.25, 0.3) is 11.0 Å². The highest BCUT2D eigenvalue weighted by Crippen LogP contribution is 2.29. The number of aliphatic imine (C=N–C) groups is 1. The number of aryl methyl sites for hydroxylation is 2. The van der Waals surface area contributed by atoms with Crippen LogP contribution < -0.4 is 5.69 Å². The summed E-state index contributed by atoms with van der Waals surface area (Å²) in [6.07, 6.45) is 1.63. The van der Waals surface area contributed by atoms with Crippen LogP contribution in [0.1, 0.15) is 5.56 Å². The molecule has 0 saturated carbocycles. The number of imidazole rings is 1. The van der Waals surface area contributed by atoms with Crippen LogP contribution in [0.5, 0.6) is 5.75 Å². The van der Waals surface area contributed by atoms with Gasteiger partial charge in [0.25, 0.3) is 0 Å². The molecule has 1 heterocycles. The molecule has 0 aliphatic heterocycles. The van der Waals surface area contributed by atoms with E-state index in [4.69, 9.17) is 11.6 Å². The number of aromatic hydroxyl groups is 1. The monoisotopic (exact) mass is 315 g/mol. The number of phenolic OH excluding ortho intramolecular Hbond substituents is 1. The van der Waals surface area contributed by atoms with Crippen molar-refractivity contribution >= 4 is 34.5 Å². The Labute approximate surface area is 131 Å². The molecule has 0 spiro atoms. The van der Waals surface area contributed by atoms with Crippen molar-refractivity contribution in [3.63, 3.8) is 0 Å². The minimum absolute atomic E-state index is 0.0637. The van der Waals surface area contributed by atoms with E-state index in [2.05, 4.69) is 4.99 Å². The second-order valence-electron chi connectivity index (χ2n) is 5.04. The number of rotatable bonds is 2. The first-order chi connectivity index (χ1) is 10.5. The Bertz CT molecular complexity index is 954. The summed E-state index contributed by atoms with van der Waals surface area (Å²) in [4.78, 5) is 16.2. The molecule has 1 N–H and O–H groups in total.